The molecular formula is C17H25NO3. The third kappa shape index (κ3) is 7.57. The van der Waals surface area contributed by atoms with Gasteiger partial charge in [-0.05, 0) is 38.3 Å². The number of rotatable bonds is 7. The zero-order valence-electron chi connectivity index (χ0n) is 13.2. The predicted octanol–water partition coefficient (Wildman–Crippen LogP) is 3.10. The first-order valence-corrected chi connectivity index (χ1v) is 7.56. The number of carbonyl (C=O) groups is 1. The summed E-state index contributed by atoms with van der Waals surface area (Å²) in [6, 6.07) is 3.23. The van der Waals surface area contributed by atoms with Crippen molar-refractivity contribution in [3.63, 3.8) is 0 Å². The van der Waals surface area contributed by atoms with Gasteiger partial charge < -0.3 is 14.8 Å². The van der Waals surface area contributed by atoms with Crippen LogP contribution in [0.3, 0.4) is 0 Å². The van der Waals surface area contributed by atoms with E-state index in [0.717, 1.165) is 12.8 Å². The van der Waals surface area contributed by atoms with Gasteiger partial charge in [0.05, 0.1) is 0 Å². The van der Waals surface area contributed by atoms with Crippen molar-refractivity contribution in [1.29, 1.82) is 0 Å². The minimum Gasteiger partial charge on any atom is -0.443 e. The summed E-state index contributed by atoms with van der Waals surface area (Å²) in [5.41, 5.74) is -1.08. The Labute approximate surface area is 126 Å². The zero-order valence-corrected chi connectivity index (χ0v) is 13.2. The maximum Gasteiger partial charge on any atom is 0.287 e. The molecule has 1 rings (SSSR count). The highest BCUT2D eigenvalue weighted by Gasteiger charge is 2.10. The third-order valence-corrected chi connectivity index (χ3v) is 2.89. The molecule has 0 saturated carbocycles. The number of nitrogens with one attached hydrogen (secondary N) is 1. The van der Waals surface area contributed by atoms with Crippen molar-refractivity contribution in [2.45, 2.75) is 58.5 Å². The molecule has 1 aromatic rings. The number of unbranched alkanes of at least 4 members (excludes halogenated alkanes) is 4. The lowest BCUT2D eigenvalue weighted by molar-refractivity contribution is 0.0924. The number of hydrogen-bond donors (Lipinski definition) is 2. The zero-order chi connectivity index (χ0) is 15.7. The molecule has 0 aliphatic rings. The van der Waals surface area contributed by atoms with Crippen LogP contribution < -0.4 is 5.32 Å². The van der Waals surface area contributed by atoms with Crippen molar-refractivity contribution < 1.29 is 14.3 Å². The lowest BCUT2D eigenvalue weighted by atomic mass is 10.1. The predicted molar refractivity (Wildman–Crippen MR) is 83.0 cm³/mol. The van der Waals surface area contributed by atoms with Crippen molar-refractivity contribution in [1.82, 2.24) is 5.32 Å². The Bertz CT molecular complexity index is 500. The fraction of sp³-hybridized carbons (Fsp3) is 0.588. The van der Waals surface area contributed by atoms with Gasteiger partial charge in [-0.2, -0.15) is 0 Å². The van der Waals surface area contributed by atoms with E-state index in [1.54, 1.807) is 26.0 Å². The van der Waals surface area contributed by atoms with Gasteiger partial charge in [-0.15, -0.1) is 0 Å². The fourth-order valence-corrected chi connectivity index (χ4v) is 1.76. The Balaban J connectivity index is 2.38. The molecule has 0 fully saturated rings. The van der Waals surface area contributed by atoms with Crippen molar-refractivity contribution in [3.8, 4) is 11.8 Å². The van der Waals surface area contributed by atoms with Gasteiger partial charge in [0.1, 0.15) is 5.60 Å². The average Bonchev–Trinajstić information content (AvgIpc) is 2.88. The molecule has 116 valence electrons. The van der Waals surface area contributed by atoms with Crippen LogP contribution in [0.15, 0.2) is 16.5 Å². The van der Waals surface area contributed by atoms with E-state index in [1.165, 1.54) is 19.3 Å². The van der Waals surface area contributed by atoms with Crippen LogP contribution >= 0.6 is 0 Å². The first-order valence-electron chi connectivity index (χ1n) is 7.56. The van der Waals surface area contributed by atoms with Crippen LogP contribution in [0, 0.1) is 11.8 Å². The van der Waals surface area contributed by atoms with Crippen molar-refractivity contribution in [2.75, 3.05) is 6.54 Å². The minimum absolute atomic E-state index is 0.221. The number of furan rings is 1. The standard InChI is InChI=1S/C17H25NO3/c1-4-5-6-7-8-13-18-16(19)15-10-9-14(21-15)11-12-17(2,3)20/h9-10,20H,4-8,13H2,1-3H3,(H,18,19). The van der Waals surface area contributed by atoms with Crippen LogP contribution in [0.4, 0.5) is 0 Å². The van der Waals surface area contributed by atoms with E-state index in [4.69, 9.17) is 4.42 Å². The van der Waals surface area contributed by atoms with Crippen LogP contribution in [0.1, 0.15) is 69.2 Å². The topological polar surface area (TPSA) is 62.5 Å². The average molecular weight is 291 g/mol. The van der Waals surface area contributed by atoms with Gasteiger partial charge in [0.15, 0.2) is 11.5 Å². The Hall–Kier alpha value is -1.73. The molecule has 0 spiro atoms. The molecule has 4 heteroatoms. The number of amides is 1. The summed E-state index contributed by atoms with van der Waals surface area (Å²) in [7, 11) is 0. The number of hydrogen-bond acceptors (Lipinski definition) is 3. The highest BCUT2D eigenvalue weighted by Crippen LogP contribution is 2.08. The quantitative estimate of drug-likeness (QED) is 0.599. The molecule has 0 unspecified atom stereocenters. The summed E-state index contributed by atoms with van der Waals surface area (Å²) >= 11 is 0. The molecule has 4 nitrogen and oxygen atoms in total. The van der Waals surface area contributed by atoms with E-state index < -0.39 is 5.60 Å². The molecule has 21 heavy (non-hydrogen) atoms. The van der Waals surface area contributed by atoms with Gasteiger partial charge in [0.25, 0.3) is 5.91 Å². The van der Waals surface area contributed by atoms with E-state index in [9.17, 15) is 9.90 Å². The van der Waals surface area contributed by atoms with Crippen molar-refractivity contribution in [2.24, 2.45) is 0 Å². The van der Waals surface area contributed by atoms with E-state index in [2.05, 4.69) is 24.1 Å². The Morgan fingerprint density at radius 2 is 2.00 bits per heavy atom. The SMILES string of the molecule is CCCCCCCNC(=O)c1ccc(C#CC(C)(C)O)o1. The van der Waals surface area contributed by atoms with Crippen molar-refractivity contribution >= 4 is 5.91 Å². The van der Waals surface area contributed by atoms with Crippen LogP contribution in [-0.2, 0) is 0 Å². The van der Waals surface area contributed by atoms with Gasteiger partial charge in [0.2, 0.25) is 0 Å². The van der Waals surface area contributed by atoms with E-state index in [1.807, 2.05) is 0 Å². The summed E-state index contributed by atoms with van der Waals surface area (Å²) in [5.74, 6) is 5.76. The van der Waals surface area contributed by atoms with Crippen LogP contribution in [0.2, 0.25) is 0 Å². The maximum atomic E-state index is 11.8. The minimum atomic E-state index is -1.08. The first kappa shape index (κ1) is 17.3. The van der Waals surface area contributed by atoms with Gasteiger partial charge in [0, 0.05) is 6.54 Å². The fourth-order valence-electron chi connectivity index (χ4n) is 1.76. The van der Waals surface area contributed by atoms with Crippen LogP contribution in [0.25, 0.3) is 0 Å². The molecular weight excluding hydrogens is 266 g/mol. The second-order valence-electron chi connectivity index (χ2n) is 5.64. The number of aliphatic hydroxyl groups is 1. The van der Waals surface area contributed by atoms with Gasteiger partial charge in [-0.1, -0.05) is 38.5 Å². The Kier molecular flexibility index (Phi) is 7.04. The maximum absolute atomic E-state index is 11.8. The molecule has 1 heterocycles. The monoisotopic (exact) mass is 291 g/mol. The molecule has 1 amide bonds. The molecule has 0 saturated heterocycles. The largest absolute Gasteiger partial charge is 0.443 e. The first-order chi connectivity index (χ1) is 9.92. The van der Waals surface area contributed by atoms with E-state index in [0.29, 0.717) is 12.3 Å². The summed E-state index contributed by atoms with van der Waals surface area (Å²) in [6.07, 6.45) is 5.79. The second kappa shape index (κ2) is 8.53. The lowest BCUT2D eigenvalue weighted by Gasteiger charge is -2.05. The van der Waals surface area contributed by atoms with Crippen LogP contribution in [0.5, 0.6) is 0 Å². The normalized spacial score (nSPS) is 10.9. The molecule has 0 radical (unpaired) electrons. The number of carbonyl (C=O) groups excluding carboxylic acids is 1. The molecule has 0 aromatic carbocycles. The summed E-state index contributed by atoms with van der Waals surface area (Å²) in [6.45, 7) is 6.02. The molecule has 0 aliphatic heterocycles. The van der Waals surface area contributed by atoms with Gasteiger partial charge in [-0.25, -0.2) is 0 Å². The molecule has 1 aromatic heterocycles. The van der Waals surface area contributed by atoms with E-state index in [-0.39, 0.29) is 11.7 Å². The highest BCUT2D eigenvalue weighted by atomic mass is 16.3. The lowest BCUT2D eigenvalue weighted by Crippen LogP contribution is -2.23. The molecule has 0 atom stereocenters. The molecule has 0 aliphatic carbocycles. The Morgan fingerprint density at radius 1 is 1.29 bits per heavy atom. The van der Waals surface area contributed by atoms with Crippen LogP contribution in [-0.4, -0.2) is 23.2 Å². The smallest absolute Gasteiger partial charge is 0.287 e. The highest BCUT2D eigenvalue weighted by molar-refractivity contribution is 5.91. The molecule has 0 bridgehead atoms. The van der Waals surface area contributed by atoms with Gasteiger partial charge in [-0.3, -0.25) is 4.79 Å². The third-order valence-electron chi connectivity index (χ3n) is 2.89. The summed E-state index contributed by atoms with van der Waals surface area (Å²) in [4.78, 5) is 11.8. The van der Waals surface area contributed by atoms with Crippen molar-refractivity contribution in [3.05, 3.63) is 23.7 Å². The molecule has 2 N–H and O–H groups in total. The van der Waals surface area contributed by atoms with E-state index >= 15 is 0 Å². The Morgan fingerprint density at radius 3 is 2.67 bits per heavy atom. The summed E-state index contributed by atoms with van der Waals surface area (Å²) < 4.78 is 5.34. The van der Waals surface area contributed by atoms with Gasteiger partial charge >= 0.3 is 0 Å². The summed E-state index contributed by atoms with van der Waals surface area (Å²) in [5, 5.41) is 12.3. The second-order valence-corrected chi connectivity index (χ2v) is 5.64.